The van der Waals surface area contributed by atoms with E-state index in [-0.39, 0.29) is 5.75 Å². The number of hydrogen-bond donors (Lipinski definition) is 2. The number of ether oxygens (including phenoxy) is 2. The third-order valence-electron chi connectivity index (χ3n) is 3.20. The lowest BCUT2D eigenvalue weighted by molar-refractivity contribution is 0.356. The first kappa shape index (κ1) is 13.8. The highest BCUT2D eigenvalue weighted by atomic mass is 79.9. The van der Waals surface area contributed by atoms with Gasteiger partial charge in [0.1, 0.15) is 11.6 Å². The smallest absolute Gasteiger partial charge is 0.163 e. The number of aromatic hydroxyl groups is 1. The van der Waals surface area contributed by atoms with Crippen LogP contribution in [0.4, 0.5) is 0 Å². The Balaban J connectivity index is 2.16. The molecule has 6 heteroatoms. The number of nitrogens with one attached hydrogen (secondary N) is 1. The predicted molar refractivity (Wildman–Crippen MR) is 84.0 cm³/mol. The standard InChI is InChI=1S/C15H13BrN2O3/c1-20-13-6-10-11(7-14(13)21-2)18-15(17-10)9-4-3-8(16)5-12(9)19/h3-7,19H,1-2H3,(H,17,18). The number of H-pyrrole nitrogens is 1. The van der Waals surface area contributed by atoms with E-state index in [1.807, 2.05) is 12.1 Å². The van der Waals surface area contributed by atoms with Crippen LogP contribution in [0.3, 0.4) is 0 Å². The topological polar surface area (TPSA) is 67.4 Å². The van der Waals surface area contributed by atoms with Gasteiger partial charge in [-0.3, -0.25) is 0 Å². The van der Waals surface area contributed by atoms with Gasteiger partial charge < -0.3 is 19.6 Å². The largest absolute Gasteiger partial charge is 0.507 e. The average molecular weight is 349 g/mol. The summed E-state index contributed by atoms with van der Waals surface area (Å²) in [6.45, 7) is 0. The molecule has 108 valence electrons. The van der Waals surface area contributed by atoms with Crippen molar-refractivity contribution < 1.29 is 14.6 Å². The van der Waals surface area contributed by atoms with Gasteiger partial charge in [-0.05, 0) is 18.2 Å². The van der Waals surface area contributed by atoms with Gasteiger partial charge in [0.15, 0.2) is 11.5 Å². The summed E-state index contributed by atoms with van der Waals surface area (Å²) in [6.07, 6.45) is 0. The van der Waals surface area contributed by atoms with Crippen molar-refractivity contribution in [3.63, 3.8) is 0 Å². The van der Waals surface area contributed by atoms with E-state index < -0.39 is 0 Å². The van der Waals surface area contributed by atoms with Crippen molar-refractivity contribution in [3.8, 4) is 28.6 Å². The molecular weight excluding hydrogens is 336 g/mol. The van der Waals surface area contributed by atoms with Gasteiger partial charge in [0.25, 0.3) is 0 Å². The number of phenols is 1. The Labute approximate surface area is 129 Å². The van der Waals surface area contributed by atoms with Crippen LogP contribution in [0.15, 0.2) is 34.8 Å². The third kappa shape index (κ3) is 2.42. The van der Waals surface area contributed by atoms with Crippen LogP contribution in [0, 0.1) is 0 Å². The summed E-state index contributed by atoms with van der Waals surface area (Å²) >= 11 is 3.32. The van der Waals surface area contributed by atoms with E-state index >= 15 is 0 Å². The monoisotopic (exact) mass is 348 g/mol. The summed E-state index contributed by atoms with van der Waals surface area (Å²) in [4.78, 5) is 7.67. The van der Waals surface area contributed by atoms with Crippen LogP contribution in [0.5, 0.6) is 17.2 Å². The number of phenolic OH excluding ortho intramolecular Hbond substituents is 1. The minimum atomic E-state index is 0.155. The van der Waals surface area contributed by atoms with Gasteiger partial charge in [-0.25, -0.2) is 4.98 Å². The van der Waals surface area contributed by atoms with Crippen LogP contribution in [0.2, 0.25) is 0 Å². The van der Waals surface area contributed by atoms with E-state index in [4.69, 9.17) is 9.47 Å². The molecule has 1 aromatic heterocycles. The number of benzene rings is 2. The second-order valence-electron chi connectivity index (χ2n) is 4.47. The molecule has 0 unspecified atom stereocenters. The van der Waals surface area contributed by atoms with Crippen molar-refractivity contribution in [2.45, 2.75) is 0 Å². The molecule has 0 bridgehead atoms. The molecule has 0 saturated heterocycles. The summed E-state index contributed by atoms with van der Waals surface area (Å²) < 4.78 is 11.3. The molecule has 2 aromatic carbocycles. The highest BCUT2D eigenvalue weighted by molar-refractivity contribution is 9.10. The van der Waals surface area contributed by atoms with Crippen molar-refractivity contribution in [2.75, 3.05) is 14.2 Å². The first-order chi connectivity index (χ1) is 10.1. The number of hydrogen-bond acceptors (Lipinski definition) is 4. The molecule has 2 N–H and O–H groups in total. The van der Waals surface area contributed by atoms with Crippen LogP contribution in [-0.4, -0.2) is 29.3 Å². The van der Waals surface area contributed by atoms with E-state index in [0.29, 0.717) is 22.9 Å². The minimum Gasteiger partial charge on any atom is -0.507 e. The molecule has 0 atom stereocenters. The number of imidazole rings is 1. The molecule has 1 heterocycles. The molecule has 0 radical (unpaired) electrons. The molecule has 0 aliphatic carbocycles. The Morgan fingerprint density at radius 1 is 1.10 bits per heavy atom. The first-order valence-corrected chi connectivity index (χ1v) is 7.02. The quantitative estimate of drug-likeness (QED) is 0.756. The zero-order valence-electron chi connectivity index (χ0n) is 11.5. The lowest BCUT2D eigenvalue weighted by atomic mass is 10.2. The Morgan fingerprint density at radius 2 is 1.81 bits per heavy atom. The SMILES string of the molecule is COc1cc2nc(-c3ccc(Br)cc3O)[nH]c2cc1OC. The Kier molecular flexibility index (Phi) is 3.47. The zero-order valence-corrected chi connectivity index (χ0v) is 13.1. The number of halogens is 1. The van der Waals surface area contributed by atoms with Gasteiger partial charge in [-0.1, -0.05) is 15.9 Å². The van der Waals surface area contributed by atoms with E-state index in [1.165, 1.54) is 0 Å². The van der Waals surface area contributed by atoms with Crippen LogP contribution in [0.25, 0.3) is 22.4 Å². The number of aromatic amines is 1. The van der Waals surface area contributed by atoms with Crippen molar-refractivity contribution in [1.82, 2.24) is 9.97 Å². The average Bonchev–Trinajstić information content (AvgIpc) is 2.87. The van der Waals surface area contributed by atoms with Crippen LogP contribution in [-0.2, 0) is 0 Å². The van der Waals surface area contributed by atoms with Crippen molar-refractivity contribution in [3.05, 3.63) is 34.8 Å². The van der Waals surface area contributed by atoms with Crippen molar-refractivity contribution in [1.29, 1.82) is 0 Å². The molecule has 3 aromatic rings. The summed E-state index contributed by atoms with van der Waals surface area (Å²) in [5, 5.41) is 10.0. The van der Waals surface area contributed by atoms with Gasteiger partial charge in [0.2, 0.25) is 0 Å². The molecule has 5 nitrogen and oxygen atoms in total. The van der Waals surface area contributed by atoms with Gasteiger partial charge in [0.05, 0.1) is 30.8 Å². The normalized spacial score (nSPS) is 10.8. The highest BCUT2D eigenvalue weighted by Crippen LogP contribution is 2.35. The van der Waals surface area contributed by atoms with Gasteiger partial charge >= 0.3 is 0 Å². The number of rotatable bonds is 3. The molecule has 0 amide bonds. The predicted octanol–water partition coefficient (Wildman–Crippen LogP) is 3.72. The Bertz CT molecular complexity index is 773. The van der Waals surface area contributed by atoms with Gasteiger partial charge in [0, 0.05) is 16.6 Å². The molecule has 0 spiro atoms. The Hall–Kier alpha value is -2.21. The fourth-order valence-electron chi connectivity index (χ4n) is 2.17. The minimum absolute atomic E-state index is 0.155. The highest BCUT2D eigenvalue weighted by Gasteiger charge is 2.13. The summed E-state index contributed by atoms with van der Waals surface area (Å²) in [5.41, 5.74) is 2.18. The lowest BCUT2D eigenvalue weighted by Gasteiger charge is -2.06. The molecule has 3 rings (SSSR count). The number of aromatic nitrogens is 2. The molecular formula is C15H13BrN2O3. The van der Waals surface area contributed by atoms with E-state index in [2.05, 4.69) is 25.9 Å². The second-order valence-corrected chi connectivity index (χ2v) is 5.39. The number of fused-ring (bicyclic) bond motifs is 1. The van der Waals surface area contributed by atoms with Crippen LogP contribution < -0.4 is 9.47 Å². The molecule has 0 fully saturated rings. The third-order valence-corrected chi connectivity index (χ3v) is 3.70. The van der Waals surface area contributed by atoms with E-state index in [0.717, 1.165) is 15.5 Å². The molecule has 21 heavy (non-hydrogen) atoms. The van der Waals surface area contributed by atoms with Crippen LogP contribution >= 0.6 is 15.9 Å². The Morgan fingerprint density at radius 3 is 2.48 bits per heavy atom. The second kappa shape index (κ2) is 5.29. The van der Waals surface area contributed by atoms with E-state index in [1.54, 1.807) is 32.4 Å². The maximum atomic E-state index is 10.0. The fraction of sp³-hybridized carbons (Fsp3) is 0.133. The molecule has 0 saturated carbocycles. The maximum Gasteiger partial charge on any atom is 0.163 e. The van der Waals surface area contributed by atoms with Crippen molar-refractivity contribution >= 4 is 27.0 Å². The maximum absolute atomic E-state index is 10.0. The fourth-order valence-corrected chi connectivity index (χ4v) is 2.52. The molecule has 0 aliphatic rings. The summed E-state index contributed by atoms with van der Waals surface area (Å²) in [5.74, 6) is 1.98. The van der Waals surface area contributed by atoms with Gasteiger partial charge in [-0.2, -0.15) is 0 Å². The van der Waals surface area contributed by atoms with Gasteiger partial charge in [-0.15, -0.1) is 0 Å². The summed E-state index contributed by atoms with van der Waals surface area (Å²) in [6, 6.07) is 8.89. The number of nitrogens with zero attached hydrogens (tertiary/aromatic N) is 1. The van der Waals surface area contributed by atoms with E-state index in [9.17, 15) is 5.11 Å². The molecule has 0 aliphatic heterocycles. The number of methoxy groups -OCH3 is 2. The zero-order chi connectivity index (χ0) is 15.0. The summed E-state index contributed by atoms with van der Waals surface area (Å²) in [7, 11) is 3.17. The lowest BCUT2D eigenvalue weighted by Crippen LogP contribution is -1.89. The van der Waals surface area contributed by atoms with Crippen molar-refractivity contribution in [2.24, 2.45) is 0 Å². The van der Waals surface area contributed by atoms with Crippen LogP contribution in [0.1, 0.15) is 0 Å². The first-order valence-electron chi connectivity index (χ1n) is 6.23.